The number of anilines is 1. The van der Waals surface area contributed by atoms with Gasteiger partial charge in [0.1, 0.15) is 5.82 Å². The van der Waals surface area contributed by atoms with Gasteiger partial charge in [0, 0.05) is 17.8 Å². The largest absolute Gasteiger partial charge is 0.383 e. The fraction of sp³-hybridized carbons (Fsp3) is 0.273. The van der Waals surface area contributed by atoms with Gasteiger partial charge in [-0.3, -0.25) is 4.68 Å². The quantitative estimate of drug-likeness (QED) is 0.922. The lowest BCUT2D eigenvalue weighted by atomic mass is 10.2. The normalized spacial score (nSPS) is 11.1. The molecule has 2 aromatic rings. The molecular weight excluding hydrogens is 304 g/mol. The second kappa shape index (κ2) is 4.66. The number of rotatable bonds is 2. The summed E-state index contributed by atoms with van der Waals surface area (Å²) in [7, 11) is 0. The Hall–Kier alpha value is -1.07. The van der Waals surface area contributed by atoms with Gasteiger partial charge in [-0.15, -0.1) is 0 Å². The summed E-state index contributed by atoms with van der Waals surface area (Å²) in [6, 6.07) is 2.03. The molecule has 90 valence electrons. The van der Waals surface area contributed by atoms with Crippen molar-refractivity contribution >= 4 is 33.3 Å². The highest BCUT2D eigenvalue weighted by Gasteiger charge is 2.16. The summed E-state index contributed by atoms with van der Waals surface area (Å²) in [5.41, 5.74) is 7.57. The Labute approximate surface area is 113 Å². The van der Waals surface area contributed by atoms with Crippen LogP contribution in [0.25, 0.3) is 11.3 Å². The Kier molecular flexibility index (Phi) is 3.40. The minimum absolute atomic E-state index is 0.231. The minimum atomic E-state index is 0.231. The van der Waals surface area contributed by atoms with Gasteiger partial charge >= 0.3 is 0 Å². The number of pyridine rings is 1. The molecule has 0 radical (unpaired) electrons. The third-order valence-corrected chi connectivity index (χ3v) is 3.17. The number of nitrogens with two attached hydrogens (primary N) is 1. The topological polar surface area (TPSA) is 56.7 Å². The summed E-state index contributed by atoms with van der Waals surface area (Å²) in [6.45, 7) is 4.11. The fourth-order valence-corrected chi connectivity index (χ4v) is 2.27. The van der Waals surface area contributed by atoms with E-state index in [0.717, 1.165) is 15.7 Å². The van der Waals surface area contributed by atoms with E-state index in [1.165, 1.54) is 6.20 Å². The molecule has 0 aliphatic heterocycles. The maximum absolute atomic E-state index is 5.95. The number of aromatic nitrogens is 3. The molecule has 2 rings (SSSR count). The van der Waals surface area contributed by atoms with E-state index in [0.29, 0.717) is 10.8 Å². The minimum Gasteiger partial charge on any atom is -0.383 e. The molecule has 0 saturated heterocycles. The standard InChI is InChI=1S/C11H12BrClN4/c1-6(2)17-10(9(12)5-16-17)8-3-7(13)4-15-11(8)14/h3-6H,1-2H3,(H2,14,15). The van der Waals surface area contributed by atoms with Crippen LogP contribution < -0.4 is 5.73 Å². The van der Waals surface area contributed by atoms with Crippen molar-refractivity contribution in [2.45, 2.75) is 19.9 Å². The van der Waals surface area contributed by atoms with Crippen LogP contribution in [0.3, 0.4) is 0 Å². The van der Waals surface area contributed by atoms with Crippen LogP contribution in [0, 0.1) is 0 Å². The third-order valence-electron chi connectivity index (χ3n) is 2.38. The van der Waals surface area contributed by atoms with Crippen molar-refractivity contribution in [2.75, 3.05) is 5.73 Å². The lowest BCUT2D eigenvalue weighted by molar-refractivity contribution is 0.538. The molecular formula is C11H12BrClN4. The molecule has 4 nitrogen and oxygen atoms in total. The van der Waals surface area contributed by atoms with Crippen LogP contribution in [0.1, 0.15) is 19.9 Å². The molecule has 2 N–H and O–H groups in total. The summed E-state index contributed by atoms with van der Waals surface area (Å²) >= 11 is 9.43. The maximum Gasteiger partial charge on any atom is 0.132 e. The predicted octanol–water partition coefficient (Wildman–Crippen LogP) is 3.52. The Morgan fingerprint density at radius 1 is 1.41 bits per heavy atom. The molecule has 0 bridgehead atoms. The first-order chi connectivity index (χ1) is 8.00. The van der Waals surface area contributed by atoms with Gasteiger partial charge in [0.25, 0.3) is 0 Å². The Balaban J connectivity index is 2.67. The first-order valence-electron chi connectivity index (χ1n) is 5.15. The molecule has 0 aromatic carbocycles. The van der Waals surface area contributed by atoms with E-state index in [1.54, 1.807) is 12.3 Å². The summed E-state index contributed by atoms with van der Waals surface area (Å²) in [5, 5.41) is 4.86. The lowest BCUT2D eigenvalue weighted by Gasteiger charge is -2.13. The summed E-state index contributed by atoms with van der Waals surface area (Å²) in [6.07, 6.45) is 3.28. The number of nitrogens with zero attached hydrogens (tertiary/aromatic N) is 3. The molecule has 2 aromatic heterocycles. The summed E-state index contributed by atoms with van der Waals surface area (Å²) in [5.74, 6) is 0.442. The SMILES string of the molecule is CC(C)n1ncc(Br)c1-c1cc(Cl)cnc1N. The Bertz CT molecular complexity index is 550. The van der Waals surface area contributed by atoms with Crippen LogP contribution >= 0.6 is 27.5 Å². The van der Waals surface area contributed by atoms with E-state index in [2.05, 4.69) is 39.9 Å². The van der Waals surface area contributed by atoms with Gasteiger partial charge in [0.2, 0.25) is 0 Å². The average molecular weight is 316 g/mol. The van der Waals surface area contributed by atoms with Gasteiger partial charge in [0.15, 0.2) is 0 Å². The number of halogens is 2. The Morgan fingerprint density at radius 3 is 2.76 bits per heavy atom. The van der Waals surface area contributed by atoms with Crippen LogP contribution in [0.4, 0.5) is 5.82 Å². The van der Waals surface area contributed by atoms with E-state index >= 15 is 0 Å². The molecule has 17 heavy (non-hydrogen) atoms. The molecule has 0 saturated carbocycles. The predicted molar refractivity (Wildman–Crippen MR) is 73.0 cm³/mol. The van der Waals surface area contributed by atoms with Crippen molar-refractivity contribution in [1.29, 1.82) is 0 Å². The van der Waals surface area contributed by atoms with E-state index < -0.39 is 0 Å². The fourth-order valence-electron chi connectivity index (χ4n) is 1.62. The van der Waals surface area contributed by atoms with Crippen LogP contribution in [0.2, 0.25) is 5.02 Å². The van der Waals surface area contributed by atoms with Gasteiger partial charge in [-0.05, 0) is 35.8 Å². The third kappa shape index (κ3) is 2.30. The lowest BCUT2D eigenvalue weighted by Crippen LogP contribution is -2.06. The zero-order valence-electron chi connectivity index (χ0n) is 9.48. The van der Waals surface area contributed by atoms with Crippen LogP contribution in [-0.4, -0.2) is 14.8 Å². The molecule has 0 unspecified atom stereocenters. The molecule has 6 heteroatoms. The zero-order valence-corrected chi connectivity index (χ0v) is 11.8. The second-order valence-electron chi connectivity index (χ2n) is 3.97. The molecule has 0 spiro atoms. The van der Waals surface area contributed by atoms with Crippen molar-refractivity contribution in [3.63, 3.8) is 0 Å². The van der Waals surface area contributed by atoms with E-state index in [1.807, 2.05) is 4.68 Å². The van der Waals surface area contributed by atoms with E-state index in [-0.39, 0.29) is 6.04 Å². The van der Waals surface area contributed by atoms with Gasteiger partial charge < -0.3 is 5.73 Å². The smallest absolute Gasteiger partial charge is 0.132 e. The van der Waals surface area contributed by atoms with Gasteiger partial charge in [-0.2, -0.15) is 5.10 Å². The number of hydrogen-bond acceptors (Lipinski definition) is 3. The van der Waals surface area contributed by atoms with Gasteiger partial charge in [-0.1, -0.05) is 11.6 Å². The van der Waals surface area contributed by atoms with Crippen molar-refractivity contribution in [2.24, 2.45) is 0 Å². The van der Waals surface area contributed by atoms with Crippen LogP contribution in [-0.2, 0) is 0 Å². The molecule has 2 heterocycles. The number of nitrogen functional groups attached to an aromatic ring is 1. The highest BCUT2D eigenvalue weighted by molar-refractivity contribution is 9.10. The first-order valence-corrected chi connectivity index (χ1v) is 6.32. The molecule has 0 aliphatic rings. The van der Waals surface area contributed by atoms with Crippen molar-refractivity contribution in [3.05, 3.63) is 28.0 Å². The van der Waals surface area contributed by atoms with E-state index in [4.69, 9.17) is 17.3 Å². The second-order valence-corrected chi connectivity index (χ2v) is 5.26. The van der Waals surface area contributed by atoms with Crippen molar-refractivity contribution in [1.82, 2.24) is 14.8 Å². The van der Waals surface area contributed by atoms with Crippen LogP contribution in [0.5, 0.6) is 0 Å². The van der Waals surface area contributed by atoms with Crippen LogP contribution in [0.15, 0.2) is 22.9 Å². The molecule has 0 amide bonds. The van der Waals surface area contributed by atoms with Gasteiger partial charge in [-0.25, -0.2) is 4.98 Å². The maximum atomic E-state index is 5.95. The molecule has 0 fully saturated rings. The molecule has 0 aliphatic carbocycles. The highest BCUT2D eigenvalue weighted by atomic mass is 79.9. The van der Waals surface area contributed by atoms with Crippen molar-refractivity contribution < 1.29 is 0 Å². The van der Waals surface area contributed by atoms with Crippen molar-refractivity contribution in [3.8, 4) is 11.3 Å². The zero-order chi connectivity index (χ0) is 12.6. The van der Waals surface area contributed by atoms with E-state index in [9.17, 15) is 0 Å². The average Bonchev–Trinajstić information content (AvgIpc) is 2.64. The molecule has 0 atom stereocenters. The first kappa shape index (κ1) is 12.4. The highest BCUT2D eigenvalue weighted by Crippen LogP contribution is 2.34. The van der Waals surface area contributed by atoms with Gasteiger partial charge in [0.05, 0.1) is 21.4 Å². The summed E-state index contributed by atoms with van der Waals surface area (Å²) in [4.78, 5) is 4.06. The number of hydrogen-bond donors (Lipinski definition) is 1. The monoisotopic (exact) mass is 314 g/mol. The Morgan fingerprint density at radius 2 is 2.12 bits per heavy atom. The summed E-state index contributed by atoms with van der Waals surface area (Å²) < 4.78 is 2.76.